The van der Waals surface area contributed by atoms with Gasteiger partial charge in [0.2, 0.25) is 0 Å². The van der Waals surface area contributed by atoms with Crippen LogP contribution in [0.3, 0.4) is 0 Å². The Hall–Kier alpha value is -3.72. The van der Waals surface area contributed by atoms with E-state index in [1.165, 1.54) is 6.20 Å². The first-order valence-electron chi connectivity index (χ1n) is 10.2. The summed E-state index contributed by atoms with van der Waals surface area (Å²) < 4.78 is 0. The van der Waals surface area contributed by atoms with E-state index in [4.69, 9.17) is 23.2 Å². The number of carboxylic acid groups (broad SMARTS) is 1. The van der Waals surface area contributed by atoms with E-state index in [9.17, 15) is 14.7 Å². The molecule has 2 N–H and O–H groups in total. The number of halogens is 2. The van der Waals surface area contributed by atoms with Gasteiger partial charge in [-0.1, -0.05) is 35.3 Å². The molecule has 10 heteroatoms. The van der Waals surface area contributed by atoms with Gasteiger partial charge in [-0.2, -0.15) is 0 Å². The summed E-state index contributed by atoms with van der Waals surface area (Å²) in [6.07, 6.45) is 6.26. The monoisotopic (exact) mass is 520 g/mol. The zero-order chi connectivity index (χ0) is 24.5. The molecule has 172 valence electrons. The number of aliphatic imine (C=N–C) groups is 1. The van der Waals surface area contributed by atoms with Gasteiger partial charge in [0, 0.05) is 29.5 Å². The number of carboxylic acids is 1. The number of hydrogen-bond donors (Lipinski definition) is 2. The second-order valence-electron chi connectivity index (χ2n) is 7.42. The van der Waals surface area contributed by atoms with Gasteiger partial charge in [-0.05, 0) is 65.4 Å². The SMILES string of the molecule is O=C1NC(=Nc2c(Cl)cccc2Cl)SC1=Cc1ccc2ncc(C(=O)O)c(-c3ccncc3)c2c1. The van der Waals surface area contributed by atoms with Crippen LogP contribution in [0.4, 0.5) is 5.69 Å². The number of benzene rings is 2. The molecule has 2 aromatic heterocycles. The smallest absolute Gasteiger partial charge is 0.337 e. The number of para-hydroxylation sites is 1. The molecule has 35 heavy (non-hydrogen) atoms. The third-order valence-corrected chi connectivity index (χ3v) is 6.71. The van der Waals surface area contributed by atoms with Gasteiger partial charge in [-0.25, -0.2) is 9.79 Å². The minimum Gasteiger partial charge on any atom is -0.478 e. The Bertz CT molecular complexity index is 1550. The van der Waals surface area contributed by atoms with Gasteiger partial charge in [-0.3, -0.25) is 14.8 Å². The first-order valence-corrected chi connectivity index (χ1v) is 11.8. The lowest BCUT2D eigenvalue weighted by atomic mass is 9.96. The molecule has 4 aromatic rings. The van der Waals surface area contributed by atoms with E-state index in [2.05, 4.69) is 20.3 Å². The Balaban J connectivity index is 1.57. The van der Waals surface area contributed by atoms with Crippen LogP contribution in [-0.2, 0) is 4.79 Å². The third-order valence-electron chi connectivity index (χ3n) is 5.19. The largest absolute Gasteiger partial charge is 0.478 e. The van der Waals surface area contributed by atoms with Crippen molar-refractivity contribution in [1.82, 2.24) is 15.3 Å². The lowest BCUT2D eigenvalue weighted by molar-refractivity contribution is -0.115. The minimum absolute atomic E-state index is 0.0764. The summed E-state index contributed by atoms with van der Waals surface area (Å²) in [5.74, 6) is -1.40. The van der Waals surface area contributed by atoms with Crippen LogP contribution in [-0.4, -0.2) is 32.1 Å². The number of nitrogens with zero attached hydrogens (tertiary/aromatic N) is 3. The zero-order valence-corrected chi connectivity index (χ0v) is 20.0. The number of carbonyl (C=O) groups is 2. The summed E-state index contributed by atoms with van der Waals surface area (Å²) in [5.41, 5.74) is 3.01. The van der Waals surface area contributed by atoms with Crippen molar-refractivity contribution in [3.05, 3.63) is 93.2 Å². The standard InChI is InChI=1S/C25H14Cl2N4O3S/c26-17-2-1-3-18(27)22(17)30-25-31-23(32)20(35-25)11-13-4-5-19-15(10-13)21(14-6-8-28-9-7-14)16(12-29-19)24(33)34/h1-12H,(H,33,34)(H,30,31,32). The van der Waals surface area contributed by atoms with Gasteiger partial charge in [0.1, 0.15) is 5.69 Å². The molecule has 1 fully saturated rings. The third kappa shape index (κ3) is 4.64. The first-order chi connectivity index (χ1) is 16.9. The van der Waals surface area contributed by atoms with Crippen molar-refractivity contribution < 1.29 is 14.7 Å². The number of nitrogens with one attached hydrogen (secondary N) is 1. The van der Waals surface area contributed by atoms with Gasteiger partial charge < -0.3 is 10.4 Å². The van der Waals surface area contributed by atoms with Crippen molar-refractivity contribution in [2.45, 2.75) is 0 Å². The van der Waals surface area contributed by atoms with E-state index in [1.807, 2.05) is 12.1 Å². The van der Waals surface area contributed by atoms with Crippen molar-refractivity contribution in [2.24, 2.45) is 4.99 Å². The fourth-order valence-corrected chi connectivity index (χ4v) is 4.93. The molecular weight excluding hydrogens is 507 g/mol. The fourth-order valence-electron chi connectivity index (χ4n) is 3.62. The maximum atomic E-state index is 12.6. The Morgan fingerprint density at radius 3 is 2.54 bits per heavy atom. The number of pyridine rings is 2. The van der Waals surface area contributed by atoms with E-state index < -0.39 is 5.97 Å². The highest BCUT2D eigenvalue weighted by Crippen LogP contribution is 2.36. The van der Waals surface area contributed by atoms with Gasteiger partial charge in [0.25, 0.3) is 5.91 Å². The Morgan fingerprint density at radius 2 is 1.83 bits per heavy atom. The van der Waals surface area contributed by atoms with Crippen molar-refractivity contribution >= 4 is 74.7 Å². The highest BCUT2D eigenvalue weighted by atomic mass is 35.5. The van der Waals surface area contributed by atoms with Gasteiger partial charge >= 0.3 is 5.97 Å². The number of amides is 1. The van der Waals surface area contributed by atoms with Gasteiger partial charge in [0.05, 0.1) is 26.0 Å². The minimum atomic E-state index is -1.08. The van der Waals surface area contributed by atoms with E-state index >= 15 is 0 Å². The lowest BCUT2D eigenvalue weighted by Gasteiger charge is -2.11. The second-order valence-corrected chi connectivity index (χ2v) is 9.26. The summed E-state index contributed by atoms with van der Waals surface area (Å²) in [7, 11) is 0. The van der Waals surface area contributed by atoms with Crippen LogP contribution in [0.15, 0.2) is 77.0 Å². The number of amidine groups is 1. The number of thioether (sulfide) groups is 1. The van der Waals surface area contributed by atoms with Crippen LogP contribution in [0.5, 0.6) is 0 Å². The van der Waals surface area contributed by atoms with Crippen LogP contribution in [0.1, 0.15) is 15.9 Å². The Kier molecular flexibility index (Phi) is 6.25. The maximum absolute atomic E-state index is 12.6. The molecule has 5 rings (SSSR count). The highest BCUT2D eigenvalue weighted by molar-refractivity contribution is 8.18. The van der Waals surface area contributed by atoms with Crippen LogP contribution in [0.2, 0.25) is 10.0 Å². The summed E-state index contributed by atoms with van der Waals surface area (Å²) in [5, 5.41) is 14.2. The average Bonchev–Trinajstić information content (AvgIpc) is 3.19. The molecule has 0 atom stereocenters. The molecule has 0 unspecified atom stereocenters. The molecule has 0 aliphatic carbocycles. The molecule has 7 nitrogen and oxygen atoms in total. The van der Waals surface area contributed by atoms with Gasteiger partial charge in [-0.15, -0.1) is 0 Å². The molecule has 0 saturated carbocycles. The molecule has 1 amide bonds. The average molecular weight is 521 g/mol. The zero-order valence-electron chi connectivity index (χ0n) is 17.7. The van der Waals surface area contributed by atoms with Gasteiger partial charge in [0.15, 0.2) is 5.17 Å². The number of aromatic carboxylic acids is 1. The molecule has 0 radical (unpaired) electrons. The number of fused-ring (bicyclic) bond motifs is 1. The fraction of sp³-hybridized carbons (Fsp3) is 0. The molecule has 1 aliphatic heterocycles. The van der Waals surface area contributed by atoms with E-state index in [0.29, 0.717) is 53.4 Å². The molecule has 0 spiro atoms. The van der Waals surface area contributed by atoms with Crippen molar-refractivity contribution in [2.75, 3.05) is 0 Å². The van der Waals surface area contributed by atoms with Crippen LogP contribution in [0, 0.1) is 0 Å². The maximum Gasteiger partial charge on any atom is 0.337 e. The van der Waals surface area contributed by atoms with Crippen LogP contribution >= 0.6 is 35.0 Å². The van der Waals surface area contributed by atoms with Crippen LogP contribution in [0.25, 0.3) is 28.1 Å². The van der Waals surface area contributed by atoms with Crippen molar-refractivity contribution in [3.63, 3.8) is 0 Å². The van der Waals surface area contributed by atoms with Crippen LogP contribution < -0.4 is 5.32 Å². The summed E-state index contributed by atoms with van der Waals surface area (Å²) in [4.78, 5) is 37.7. The predicted molar refractivity (Wildman–Crippen MR) is 139 cm³/mol. The highest BCUT2D eigenvalue weighted by Gasteiger charge is 2.25. The second kappa shape index (κ2) is 9.50. The first kappa shape index (κ1) is 23.0. The summed E-state index contributed by atoms with van der Waals surface area (Å²) in [6.45, 7) is 0. The Morgan fingerprint density at radius 1 is 1.09 bits per heavy atom. The topological polar surface area (TPSA) is 105 Å². The summed E-state index contributed by atoms with van der Waals surface area (Å²) in [6, 6.07) is 13.9. The molecule has 1 saturated heterocycles. The molecule has 0 bridgehead atoms. The van der Waals surface area contributed by atoms with Crippen molar-refractivity contribution in [1.29, 1.82) is 0 Å². The van der Waals surface area contributed by atoms with E-state index in [0.717, 1.165) is 11.8 Å². The Labute approximate surface area is 213 Å². The number of carbonyl (C=O) groups excluding carboxylic acids is 1. The molecular formula is C25H14Cl2N4O3S. The lowest BCUT2D eigenvalue weighted by Crippen LogP contribution is -2.19. The normalized spacial score (nSPS) is 15.7. The van der Waals surface area contributed by atoms with E-state index in [1.54, 1.807) is 54.9 Å². The molecule has 1 aliphatic rings. The number of hydrogen-bond acceptors (Lipinski definition) is 6. The van der Waals surface area contributed by atoms with Crippen molar-refractivity contribution in [3.8, 4) is 11.1 Å². The molecule has 2 aromatic carbocycles. The van der Waals surface area contributed by atoms with E-state index in [-0.39, 0.29) is 11.5 Å². The summed E-state index contributed by atoms with van der Waals surface area (Å²) >= 11 is 13.5. The number of rotatable bonds is 4. The predicted octanol–water partition coefficient (Wildman–Crippen LogP) is 6.19. The number of aromatic nitrogens is 2. The quantitative estimate of drug-likeness (QED) is 0.310. The molecule has 3 heterocycles.